The van der Waals surface area contributed by atoms with E-state index in [1.807, 2.05) is 6.07 Å². The molecule has 0 atom stereocenters. The maximum absolute atomic E-state index is 13.8. The molecule has 0 fully saturated rings. The molecule has 5 nitrogen and oxygen atoms in total. The van der Waals surface area contributed by atoms with Crippen LogP contribution in [0.15, 0.2) is 73.1 Å². The van der Waals surface area contributed by atoms with E-state index >= 15 is 0 Å². The van der Waals surface area contributed by atoms with Gasteiger partial charge in [-0.2, -0.15) is 0 Å². The summed E-state index contributed by atoms with van der Waals surface area (Å²) in [6, 6.07) is 15.8. The molecule has 0 aliphatic rings. The van der Waals surface area contributed by atoms with Gasteiger partial charge in [-0.1, -0.05) is 12.1 Å². The molecule has 0 aliphatic heterocycles. The number of amides is 1. The average Bonchev–Trinajstić information content (AvgIpc) is 3.32. The number of hydrogen-bond donors (Lipinski definition) is 2. The molecule has 0 saturated carbocycles. The van der Waals surface area contributed by atoms with E-state index < -0.39 is 5.82 Å². The van der Waals surface area contributed by atoms with Crippen LogP contribution in [0.3, 0.4) is 0 Å². The molecule has 0 unspecified atom stereocenters. The predicted octanol–water partition coefficient (Wildman–Crippen LogP) is 5.10. The molecule has 148 valence electrons. The zero-order chi connectivity index (χ0) is 20.7. The van der Waals surface area contributed by atoms with Crippen LogP contribution < -0.4 is 5.32 Å². The number of carbonyl (C=O) groups is 1. The van der Waals surface area contributed by atoms with Crippen molar-refractivity contribution in [2.75, 3.05) is 5.32 Å². The SMILES string of the molecule is O=C(Nc1cnc2cc[nH]c2c1)c1cc2cc(F)ccc2n1Cc1cccc(F)c1. The molecule has 5 aromatic rings. The van der Waals surface area contributed by atoms with Crippen LogP contribution >= 0.6 is 0 Å². The summed E-state index contributed by atoms with van der Waals surface area (Å²) >= 11 is 0. The second-order valence-corrected chi connectivity index (χ2v) is 7.04. The van der Waals surface area contributed by atoms with Gasteiger partial charge >= 0.3 is 0 Å². The Morgan fingerprint density at radius 2 is 1.90 bits per heavy atom. The Morgan fingerprint density at radius 3 is 2.77 bits per heavy atom. The summed E-state index contributed by atoms with van der Waals surface area (Å²) in [5, 5.41) is 3.44. The van der Waals surface area contributed by atoms with Crippen LogP contribution in [-0.2, 0) is 6.54 Å². The second-order valence-electron chi connectivity index (χ2n) is 7.04. The number of hydrogen-bond acceptors (Lipinski definition) is 2. The summed E-state index contributed by atoms with van der Waals surface area (Å²) < 4.78 is 29.2. The van der Waals surface area contributed by atoms with Gasteiger partial charge in [0, 0.05) is 23.6 Å². The van der Waals surface area contributed by atoms with E-state index in [1.54, 1.807) is 47.3 Å². The number of carbonyl (C=O) groups excluding carboxylic acids is 1. The first-order valence-electron chi connectivity index (χ1n) is 9.34. The molecule has 0 aliphatic carbocycles. The maximum atomic E-state index is 13.8. The van der Waals surface area contributed by atoms with Crippen molar-refractivity contribution in [3.05, 3.63) is 95.9 Å². The lowest BCUT2D eigenvalue weighted by Crippen LogP contribution is -2.17. The highest BCUT2D eigenvalue weighted by molar-refractivity contribution is 6.06. The van der Waals surface area contributed by atoms with Crippen molar-refractivity contribution in [3.8, 4) is 0 Å². The van der Waals surface area contributed by atoms with Gasteiger partial charge in [-0.15, -0.1) is 0 Å². The summed E-state index contributed by atoms with van der Waals surface area (Å²) in [6.07, 6.45) is 3.35. The number of benzene rings is 2. The third-order valence-electron chi connectivity index (χ3n) is 4.98. The largest absolute Gasteiger partial charge is 0.360 e. The quantitative estimate of drug-likeness (QED) is 0.440. The van der Waals surface area contributed by atoms with Crippen LogP contribution in [0.2, 0.25) is 0 Å². The van der Waals surface area contributed by atoms with Crippen LogP contribution in [0, 0.1) is 11.6 Å². The van der Waals surface area contributed by atoms with Gasteiger partial charge in [0.15, 0.2) is 0 Å². The molecule has 3 aromatic heterocycles. The maximum Gasteiger partial charge on any atom is 0.272 e. The highest BCUT2D eigenvalue weighted by atomic mass is 19.1. The minimum absolute atomic E-state index is 0.267. The molecule has 30 heavy (non-hydrogen) atoms. The van der Waals surface area contributed by atoms with Gasteiger partial charge < -0.3 is 14.9 Å². The van der Waals surface area contributed by atoms with Crippen molar-refractivity contribution in [2.45, 2.75) is 6.54 Å². The Labute approximate surface area is 170 Å². The number of aromatic nitrogens is 3. The summed E-state index contributed by atoms with van der Waals surface area (Å²) in [5.74, 6) is -1.11. The summed E-state index contributed by atoms with van der Waals surface area (Å²) in [5.41, 5.74) is 3.85. The number of nitrogens with one attached hydrogen (secondary N) is 2. The van der Waals surface area contributed by atoms with Crippen LogP contribution in [0.25, 0.3) is 21.9 Å². The molecule has 0 saturated heterocycles. The number of anilines is 1. The molecule has 0 spiro atoms. The van der Waals surface area contributed by atoms with Crippen LogP contribution in [0.1, 0.15) is 16.1 Å². The zero-order valence-electron chi connectivity index (χ0n) is 15.7. The fourth-order valence-corrected chi connectivity index (χ4v) is 3.62. The first-order chi connectivity index (χ1) is 14.6. The van der Waals surface area contributed by atoms with Crippen molar-refractivity contribution in [1.29, 1.82) is 0 Å². The second kappa shape index (κ2) is 7.11. The molecular weight excluding hydrogens is 386 g/mol. The van der Waals surface area contributed by atoms with Gasteiger partial charge in [-0.05, 0) is 54.1 Å². The fraction of sp³-hybridized carbons (Fsp3) is 0.0435. The number of halogens is 2. The lowest BCUT2D eigenvalue weighted by atomic mass is 10.2. The molecule has 1 amide bonds. The van der Waals surface area contributed by atoms with Crippen molar-refractivity contribution in [2.24, 2.45) is 0 Å². The van der Waals surface area contributed by atoms with E-state index in [1.165, 1.54) is 24.3 Å². The van der Waals surface area contributed by atoms with Crippen molar-refractivity contribution >= 4 is 33.5 Å². The number of rotatable bonds is 4. The predicted molar refractivity (Wildman–Crippen MR) is 111 cm³/mol. The van der Waals surface area contributed by atoms with Crippen molar-refractivity contribution in [3.63, 3.8) is 0 Å². The van der Waals surface area contributed by atoms with E-state index in [0.29, 0.717) is 27.8 Å². The first-order valence-corrected chi connectivity index (χ1v) is 9.34. The van der Waals surface area contributed by atoms with E-state index in [9.17, 15) is 13.6 Å². The number of fused-ring (bicyclic) bond motifs is 2. The van der Waals surface area contributed by atoms with Crippen LogP contribution in [0.5, 0.6) is 0 Å². The molecule has 5 rings (SSSR count). The Bertz CT molecular complexity index is 1400. The third kappa shape index (κ3) is 3.30. The monoisotopic (exact) mass is 402 g/mol. The van der Waals surface area contributed by atoms with E-state index in [-0.39, 0.29) is 18.3 Å². The summed E-state index contributed by atoms with van der Waals surface area (Å²) in [4.78, 5) is 20.4. The normalized spacial score (nSPS) is 11.3. The summed E-state index contributed by atoms with van der Waals surface area (Å²) in [7, 11) is 0. The van der Waals surface area contributed by atoms with Gasteiger partial charge in [0.25, 0.3) is 5.91 Å². The minimum atomic E-state index is -0.390. The van der Waals surface area contributed by atoms with Gasteiger partial charge in [-0.3, -0.25) is 9.78 Å². The molecule has 0 radical (unpaired) electrons. The number of H-pyrrole nitrogens is 1. The fourth-order valence-electron chi connectivity index (χ4n) is 3.62. The topological polar surface area (TPSA) is 62.7 Å². The smallest absolute Gasteiger partial charge is 0.272 e. The number of pyridine rings is 1. The highest BCUT2D eigenvalue weighted by Crippen LogP contribution is 2.24. The first kappa shape index (κ1) is 18.1. The van der Waals surface area contributed by atoms with Crippen LogP contribution in [0.4, 0.5) is 14.5 Å². The Balaban J connectivity index is 1.55. The number of aromatic amines is 1. The molecular formula is C23H16F2N4O. The molecule has 2 aromatic carbocycles. The van der Waals surface area contributed by atoms with Crippen molar-refractivity contribution < 1.29 is 13.6 Å². The molecule has 2 N–H and O–H groups in total. The molecule has 3 heterocycles. The highest BCUT2D eigenvalue weighted by Gasteiger charge is 2.17. The Kier molecular flexibility index (Phi) is 4.28. The van der Waals surface area contributed by atoms with Gasteiger partial charge in [0.2, 0.25) is 0 Å². The lowest BCUT2D eigenvalue weighted by molar-refractivity contribution is 0.101. The van der Waals surface area contributed by atoms with E-state index in [2.05, 4.69) is 15.3 Å². The molecule has 7 heteroatoms. The summed E-state index contributed by atoms with van der Waals surface area (Å²) in [6.45, 7) is 0.267. The van der Waals surface area contributed by atoms with Gasteiger partial charge in [0.05, 0.1) is 22.9 Å². The lowest BCUT2D eigenvalue weighted by Gasteiger charge is -2.12. The molecule has 0 bridgehead atoms. The minimum Gasteiger partial charge on any atom is -0.360 e. The van der Waals surface area contributed by atoms with E-state index in [4.69, 9.17) is 0 Å². The standard InChI is InChI=1S/C23H16F2N4O/c24-16-3-1-2-14(8-16)13-29-21-5-4-17(25)9-15(21)10-22(29)23(30)28-18-11-20-19(27-12-18)6-7-26-20/h1-12,26H,13H2,(H,28,30). The Hall–Kier alpha value is -4.00. The van der Waals surface area contributed by atoms with E-state index in [0.717, 1.165) is 11.0 Å². The third-order valence-corrected chi connectivity index (χ3v) is 4.98. The van der Waals surface area contributed by atoms with Crippen LogP contribution in [-0.4, -0.2) is 20.4 Å². The zero-order valence-corrected chi connectivity index (χ0v) is 15.7. The number of nitrogens with zero attached hydrogens (tertiary/aromatic N) is 2. The van der Waals surface area contributed by atoms with Gasteiger partial charge in [-0.25, -0.2) is 8.78 Å². The van der Waals surface area contributed by atoms with Crippen molar-refractivity contribution in [1.82, 2.24) is 14.5 Å². The average molecular weight is 402 g/mol. The van der Waals surface area contributed by atoms with Gasteiger partial charge in [0.1, 0.15) is 17.3 Å². The Morgan fingerprint density at radius 1 is 1.03 bits per heavy atom.